The Morgan fingerprint density at radius 3 is 2.53 bits per heavy atom. The molecule has 3 aromatic rings. The maximum atomic E-state index is 12.4. The summed E-state index contributed by atoms with van der Waals surface area (Å²) in [5.41, 5.74) is 2.16. The minimum atomic E-state index is -0.354. The minimum absolute atomic E-state index is 0.152. The van der Waals surface area contributed by atoms with Crippen LogP contribution in [0.3, 0.4) is 0 Å². The van der Waals surface area contributed by atoms with Crippen LogP contribution in [0, 0.1) is 0 Å². The van der Waals surface area contributed by atoms with Crippen molar-refractivity contribution in [3.8, 4) is 0 Å². The van der Waals surface area contributed by atoms with E-state index in [1.165, 1.54) is 18.3 Å². The average Bonchev–Trinajstić information content (AvgIpc) is 3.11. The summed E-state index contributed by atoms with van der Waals surface area (Å²) in [4.78, 5) is 36.1. The number of amides is 3. The first-order valence-electron chi connectivity index (χ1n) is 9.51. The van der Waals surface area contributed by atoms with Crippen LogP contribution in [0.1, 0.15) is 42.0 Å². The number of hydrogen-bond donors (Lipinski definition) is 3. The number of carbonyl (C=O) groups is 3. The number of thiophene rings is 1. The molecule has 1 atom stereocenters. The number of hydrogen-bond acceptors (Lipinski definition) is 5. The van der Waals surface area contributed by atoms with Crippen molar-refractivity contribution in [1.82, 2.24) is 5.32 Å². The van der Waals surface area contributed by atoms with Crippen molar-refractivity contribution in [2.24, 2.45) is 0 Å². The number of anilines is 2. The number of rotatable bonds is 6. The number of carbonyl (C=O) groups excluding carboxylic acids is 3. The van der Waals surface area contributed by atoms with Crippen LogP contribution in [0.4, 0.5) is 16.2 Å². The number of fused-ring (bicyclic) bond motifs is 1. The van der Waals surface area contributed by atoms with Crippen molar-refractivity contribution in [2.45, 2.75) is 26.8 Å². The van der Waals surface area contributed by atoms with E-state index < -0.39 is 0 Å². The fraction of sp³-hybridized carbons (Fsp3) is 0.227. The lowest BCUT2D eigenvalue weighted by atomic mass is 10.1. The highest BCUT2D eigenvalue weighted by molar-refractivity contribution is 7.20. The number of ether oxygens (including phenoxy) is 1. The maximum Gasteiger partial charge on any atom is 0.348 e. The third-order valence-electron chi connectivity index (χ3n) is 4.31. The van der Waals surface area contributed by atoms with E-state index in [0.29, 0.717) is 22.9 Å². The van der Waals surface area contributed by atoms with Crippen LogP contribution in [0.2, 0.25) is 0 Å². The molecule has 7 nitrogen and oxygen atoms in total. The summed E-state index contributed by atoms with van der Waals surface area (Å²) < 4.78 is 5.97. The lowest BCUT2D eigenvalue weighted by Crippen LogP contribution is -2.31. The van der Waals surface area contributed by atoms with Gasteiger partial charge >= 0.3 is 12.0 Å². The van der Waals surface area contributed by atoms with Crippen molar-refractivity contribution in [3.63, 3.8) is 0 Å². The molecule has 1 aromatic heterocycles. The fourth-order valence-corrected chi connectivity index (χ4v) is 3.90. The topological polar surface area (TPSA) is 96.5 Å². The van der Waals surface area contributed by atoms with Crippen LogP contribution in [0.15, 0.2) is 48.5 Å². The normalized spacial score (nSPS) is 11.6. The molecule has 3 amide bonds. The predicted molar refractivity (Wildman–Crippen MR) is 119 cm³/mol. The molecular weight excluding hydrogens is 402 g/mol. The second-order valence-electron chi connectivity index (χ2n) is 6.71. The van der Waals surface area contributed by atoms with E-state index in [9.17, 15) is 14.4 Å². The summed E-state index contributed by atoms with van der Waals surface area (Å²) >= 11 is 1.35. The fourth-order valence-electron chi connectivity index (χ4n) is 2.96. The number of benzene rings is 2. The van der Waals surface area contributed by atoms with Crippen LogP contribution in [-0.2, 0) is 9.53 Å². The van der Waals surface area contributed by atoms with Crippen molar-refractivity contribution in [2.75, 3.05) is 17.2 Å². The van der Waals surface area contributed by atoms with Crippen LogP contribution < -0.4 is 16.0 Å². The number of nitrogens with one attached hydrogen (secondary N) is 3. The van der Waals surface area contributed by atoms with Crippen molar-refractivity contribution >= 4 is 50.7 Å². The van der Waals surface area contributed by atoms with Gasteiger partial charge in [0.2, 0.25) is 5.91 Å². The van der Waals surface area contributed by atoms with Crippen LogP contribution in [0.5, 0.6) is 0 Å². The van der Waals surface area contributed by atoms with E-state index in [1.807, 2.05) is 37.3 Å². The molecule has 3 N–H and O–H groups in total. The standard InChI is InChI=1S/C22H23N3O4S/c1-4-29-21(27)20-12-16-11-18(8-9-19(16)30-20)25-22(28)23-13(2)15-6-5-7-17(10-15)24-14(3)26/h5-13H,4H2,1-3H3,(H,24,26)(H2,23,25,28). The zero-order valence-electron chi connectivity index (χ0n) is 16.9. The Morgan fingerprint density at radius 1 is 1.03 bits per heavy atom. The molecule has 8 heteroatoms. The second-order valence-corrected chi connectivity index (χ2v) is 7.79. The molecule has 2 aromatic carbocycles. The third-order valence-corrected chi connectivity index (χ3v) is 5.40. The molecule has 30 heavy (non-hydrogen) atoms. The van der Waals surface area contributed by atoms with Gasteiger partial charge in [-0.05, 0) is 61.2 Å². The van der Waals surface area contributed by atoms with Crippen LogP contribution >= 0.6 is 11.3 Å². The van der Waals surface area contributed by atoms with E-state index in [-0.39, 0.29) is 23.9 Å². The van der Waals surface area contributed by atoms with Crippen molar-refractivity contribution in [3.05, 3.63) is 59.0 Å². The summed E-state index contributed by atoms with van der Waals surface area (Å²) in [6, 6.07) is 13.9. The van der Waals surface area contributed by atoms with E-state index in [2.05, 4.69) is 16.0 Å². The molecule has 0 fully saturated rings. The van der Waals surface area contributed by atoms with Crippen LogP contribution in [-0.4, -0.2) is 24.5 Å². The van der Waals surface area contributed by atoms with E-state index in [1.54, 1.807) is 25.1 Å². The van der Waals surface area contributed by atoms with Gasteiger partial charge in [-0.25, -0.2) is 9.59 Å². The summed E-state index contributed by atoms with van der Waals surface area (Å²) in [6.45, 7) is 5.40. The van der Waals surface area contributed by atoms with Gasteiger partial charge in [-0.3, -0.25) is 4.79 Å². The summed E-state index contributed by atoms with van der Waals surface area (Å²) in [5, 5.41) is 9.28. The summed E-state index contributed by atoms with van der Waals surface area (Å²) in [7, 11) is 0. The van der Waals surface area contributed by atoms with E-state index in [0.717, 1.165) is 15.6 Å². The van der Waals surface area contributed by atoms with Gasteiger partial charge in [-0.2, -0.15) is 0 Å². The zero-order chi connectivity index (χ0) is 21.7. The highest BCUT2D eigenvalue weighted by Crippen LogP contribution is 2.28. The monoisotopic (exact) mass is 425 g/mol. The van der Waals surface area contributed by atoms with Gasteiger partial charge in [0.05, 0.1) is 12.6 Å². The second kappa shape index (κ2) is 9.41. The van der Waals surface area contributed by atoms with Crippen molar-refractivity contribution < 1.29 is 19.1 Å². The van der Waals surface area contributed by atoms with Gasteiger partial charge < -0.3 is 20.7 Å². The van der Waals surface area contributed by atoms with Gasteiger partial charge in [0.15, 0.2) is 0 Å². The molecule has 0 radical (unpaired) electrons. The Labute approximate surface area is 178 Å². The van der Waals surface area contributed by atoms with Crippen molar-refractivity contribution in [1.29, 1.82) is 0 Å². The lowest BCUT2D eigenvalue weighted by Gasteiger charge is -2.16. The molecule has 0 aliphatic rings. The molecule has 0 saturated carbocycles. The molecule has 156 valence electrons. The van der Waals surface area contributed by atoms with Gasteiger partial charge in [-0.15, -0.1) is 11.3 Å². The SMILES string of the molecule is CCOC(=O)c1cc2cc(NC(=O)NC(C)c3cccc(NC(C)=O)c3)ccc2s1. The van der Waals surface area contributed by atoms with Gasteiger partial charge in [0, 0.05) is 23.0 Å². The molecule has 3 rings (SSSR count). The lowest BCUT2D eigenvalue weighted by molar-refractivity contribution is -0.114. The highest BCUT2D eigenvalue weighted by atomic mass is 32.1. The molecule has 0 aliphatic heterocycles. The largest absolute Gasteiger partial charge is 0.462 e. The zero-order valence-corrected chi connectivity index (χ0v) is 17.8. The van der Waals surface area contributed by atoms with Gasteiger partial charge in [-0.1, -0.05) is 12.1 Å². The maximum absolute atomic E-state index is 12.4. The average molecular weight is 426 g/mol. The number of esters is 1. The van der Waals surface area contributed by atoms with Gasteiger partial charge in [0.1, 0.15) is 4.88 Å². The highest BCUT2D eigenvalue weighted by Gasteiger charge is 2.13. The first-order valence-corrected chi connectivity index (χ1v) is 10.3. The molecule has 0 saturated heterocycles. The molecular formula is C22H23N3O4S. The molecule has 0 bridgehead atoms. The quantitative estimate of drug-likeness (QED) is 0.489. The minimum Gasteiger partial charge on any atom is -0.462 e. The first-order chi connectivity index (χ1) is 14.4. The molecule has 1 heterocycles. The Kier molecular flexibility index (Phi) is 6.68. The van der Waals surface area contributed by atoms with Crippen LogP contribution in [0.25, 0.3) is 10.1 Å². The smallest absolute Gasteiger partial charge is 0.348 e. The van der Waals surface area contributed by atoms with Gasteiger partial charge in [0.25, 0.3) is 0 Å². The Balaban J connectivity index is 1.66. The number of urea groups is 1. The Bertz CT molecular complexity index is 1090. The first kappa shape index (κ1) is 21.3. The van der Waals surface area contributed by atoms with E-state index in [4.69, 9.17) is 4.74 Å². The summed E-state index contributed by atoms with van der Waals surface area (Å²) in [6.07, 6.45) is 0. The molecule has 0 aliphatic carbocycles. The third kappa shape index (κ3) is 5.36. The van der Waals surface area contributed by atoms with E-state index >= 15 is 0 Å². The molecule has 0 spiro atoms. The summed E-state index contributed by atoms with van der Waals surface area (Å²) in [5.74, 6) is -0.498. The molecule has 1 unspecified atom stereocenters. The Morgan fingerprint density at radius 2 is 1.80 bits per heavy atom. The predicted octanol–water partition coefficient (Wildman–Crippen LogP) is 4.92. The Hall–Kier alpha value is -3.39.